The molecule has 2 N–H and O–H groups in total. The molecule has 0 spiro atoms. The Morgan fingerprint density at radius 1 is 1.30 bits per heavy atom. The monoisotopic (exact) mass is 274 g/mol. The molecule has 0 fully saturated rings. The van der Waals surface area contributed by atoms with Crippen molar-refractivity contribution in [2.45, 2.75) is 20.3 Å². The summed E-state index contributed by atoms with van der Waals surface area (Å²) in [6, 6.07) is 5.93. The van der Waals surface area contributed by atoms with Crippen LogP contribution < -0.4 is 5.32 Å². The van der Waals surface area contributed by atoms with E-state index in [1.807, 2.05) is 6.92 Å². The Morgan fingerprint density at radius 3 is 2.50 bits per heavy atom. The number of nitrogens with one attached hydrogen (secondary N) is 1. The summed E-state index contributed by atoms with van der Waals surface area (Å²) in [7, 11) is 0. The van der Waals surface area contributed by atoms with E-state index < -0.39 is 5.97 Å². The summed E-state index contributed by atoms with van der Waals surface area (Å²) in [6.45, 7) is 3.56. The lowest BCUT2D eigenvalue weighted by atomic mass is 10.1. The third-order valence-electron chi connectivity index (χ3n) is 2.89. The van der Waals surface area contributed by atoms with Crippen LogP contribution in [-0.4, -0.2) is 22.1 Å². The van der Waals surface area contributed by atoms with Gasteiger partial charge in [-0.3, -0.25) is 4.79 Å². The first-order chi connectivity index (χ1) is 9.52. The summed E-state index contributed by atoms with van der Waals surface area (Å²) in [6.07, 6.45) is 0.595. The van der Waals surface area contributed by atoms with Crippen LogP contribution in [0.15, 0.2) is 28.8 Å². The van der Waals surface area contributed by atoms with Gasteiger partial charge in [0.25, 0.3) is 5.91 Å². The molecule has 1 heterocycles. The van der Waals surface area contributed by atoms with Gasteiger partial charge in [0, 0.05) is 5.69 Å². The van der Waals surface area contributed by atoms with Crippen LogP contribution in [-0.2, 0) is 6.42 Å². The van der Waals surface area contributed by atoms with Gasteiger partial charge in [-0.25, -0.2) is 4.79 Å². The topological polar surface area (TPSA) is 92.4 Å². The molecular formula is C14H14N2O4. The number of carboxylic acid groups (broad SMARTS) is 1. The Bertz CT molecular complexity index is 644. The second-order valence-electron chi connectivity index (χ2n) is 4.25. The molecule has 0 unspecified atom stereocenters. The summed E-state index contributed by atoms with van der Waals surface area (Å²) in [4.78, 5) is 22.9. The minimum atomic E-state index is -1.01. The van der Waals surface area contributed by atoms with Gasteiger partial charge in [0.15, 0.2) is 0 Å². The van der Waals surface area contributed by atoms with Crippen molar-refractivity contribution in [3.8, 4) is 0 Å². The van der Waals surface area contributed by atoms with E-state index in [4.69, 9.17) is 9.63 Å². The van der Waals surface area contributed by atoms with Gasteiger partial charge >= 0.3 is 5.97 Å². The first kappa shape index (κ1) is 13.8. The average Bonchev–Trinajstić information content (AvgIpc) is 2.80. The lowest BCUT2D eigenvalue weighted by molar-refractivity contribution is 0.0696. The maximum Gasteiger partial charge on any atom is 0.335 e. The maximum atomic E-state index is 12.2. The van der Waals surface area contributed by atoms with Gasteiger partial charge in [-0.15, -0.1) is 0 Å². The zero-order valence-electron chi connectivity index (χ0n) is 11.1. The molecule has 0 saturated heterocycles. The summed E-state index contributed by atoms with van der Waals surface area (Å²) in [5, 5.41) is 15.3. The Balaban J connectivity index is 2.19. The fraction of sp³-hybridized carbons (Fsp3) is 0.214. The molecular weight excluding hydrogens is 260 g/mol. The Hall–Kier alpha value is -2.63. The number of carbonyl (C=O) groups excluding carboxylic acids is 1. The van der Waals surface area contributed by atoms with Crippen molar-refractivity contribution < 1.29 is 19.2 Å². The van der Waals surface area contributed by atoms with E-state index >= 15 is 0 Å². The molecule has 0 radical (unpaired) electrons. The minimum Gasteiger partial charge on any atom is -0.478 e. The molecule has 1 aromatic carbocycles. The number of hydrogen-bond donors (Lipinski definition) is 2. The van der Waals surface area contributed by atoms with Gasteiger partial charge in [-0.05, 0) is 37.6 Å². The van der Waals surface area contributed by atoms with Crippen LogP contribution in [0.1, 0.15) is 39.1 Å². The number of aromatic carboxylic acids is 1. The zero-order valence-corrected chi connectivity index (χ0v) is 11.1. The highest BCUT2D eigenvalue weighted by Crippen LogP contribution is 2.17. The second-order valence-corrected chi connectivity index (χ2v) is 4.25. The second kappa shape index (κ2) is 5.56. The number of hydrogen-bond acceptors (Lipinski definition) is 4. The first-order valence-corrected chi connectivity index (χ1v) is 6.12. The molecule has 20 heavy (non-hydrogen) atoms. The van der Waals surface area contributed by atoms with Crippen molar-refractivity contribution in [3.63, 3.8) is 0 Å². The van der Waals surface area contributed by atoms with E-state index in [1.165, 1.54) is 24.3 Å². The lowest BCUT2D eigenvalue weighted by Gasteiger charge is -2.05. The zero-order chi connectivity index (χ0) is 14.7. The molecule has 6 nitrogen and oxygen atoms in total. The summed E-state index contributed by atoms with van der Waals surface area (Å²) >= 11 is 0. The van der Waals surface area contributed by atoms with Crippen molar-refractivity contribution in [2.24, 2.45) is 0 Å². The lowest BCUT2D eigenvalue weighted by Crippen LogP contribution is -2.14. The number of carboxylic acids is 1. The SMILES string of the molecule is CCc1noc(C)c1C(=O)Nc1ccc(C(=O)O)cc1. The number of rotatable bonds is 4. The molecule has 0 aliphatic heterocycles. The highest BCUT2D eigenvalue weighted by molar-refractivity contribution is 6.05. The molecule has 0 bridgehead atoms. The van der Waals surface area contributed by atoms with Gasteiger partial charge in [0.2, 0.25) is 0 Å². The molecule has 1 amide bonds. The molecule has 0 aliphatic carbocycles. The fourth-order valence-electron chi connectivity index (χ4n) is 1.84. The number of benzene rings is 1. The van der Waals surface area contributed by atoms with E-state index in [1.54, 1.807) is 6.92 Å². The van der Waals surface area contributed by atoms with Crippen molar-refractivity contribution in [3.05, 3.63) is 46.8 Å². The van der Waals surface area contributed by atoms with Gasteiger partial charge in [0.05, 0.1) is 11.3 Å². The summed E-state index contributed by atoms with van der Waals surface area (Å²) in [5.74, 6) is -0.865. The van der Waals surface area contributed by atoms with Crippen LogP contribution in [0.4, 0.5) is 5.69 Å². The third-order valence-corrected chi connectivity index (χ3v) is 2.89. The quantitative estimate of drug-likeness (QED) is 0.893. The van der Waals surface area contributed by atoms with Crippen LogP contribution in [0.5, 0.6) is 0 Å². The van der Waals surface area contributed by atoms with Crippen LogP contribution >= 0.6 is 0 Å². The number of amides is 1. The number of aromatic nitrogens is 1. The van der Waals surface area contributed by atoms with Crippen LogP contribution in [0.2, 0.25) is 0 Å². The van der Waals surface area contributed by atoms with Crippen LogP contribution in [0.25, 0.3) is 0 Å². The number of anilines is 1. The Morgan fingerprint density at radius 2 is 1.95 bits per heavy atom. The molecule has 0 atom stereocenters. The molecule has 0 saturated carbocycles. The van der Waals surface area contributed by atoms with E-state index in [-0.39, 0.29) is 11.5 Å². The molecule has 0 aliphatic rings. The van der Waals surface area contributed by atoms with Crippen LogP contribution in [0, 0.1) is 6.92 Å². The normalized spacial score (nSPS) is 10.3. The van der Waals surface area contributed by atoms with Gasteiger partial charge < -0.3 is 14.9 Å². The van der Waals surface area contributed by atoms with Crippen molar-refractivity contribution >= 4 is 17.6 Å². The van der Waals surface area contributed by atoms with E-state index in [2.05, 4.69) is 10.5 Å². The molecule has 104 valence electrons. The highest BCUT2D eigenvalue weighted by Gasteiger charge is 2.19. The average molecular weight is 274 g/mol. The van der Waals surface area contributed by atoms with Gasteiger partial charge in [-0.1, -0.05) is 12.1 Å². The van der Waals surface area contributed by atoms with Crippen molar-refractivity contribution in [1.29, 1.82) is 0 Å². The van der Waals surface area contributed by atoms with Crippen molar-refractivity contribution in [1.82, 2.24) is 5.16 Å². The largest absolute Gasteiger partial charge is 0.478 e. The maximum absolute atomic E-state index is 12.2. The van der Waals surface area contributed by atoms with Gasteiger partial charge in [0.1, 0.15) is 11.3 Å². The number of nitrogens with zero attached hydrogens (tertiary/aromatic N) is 1. The van der Waals surface area contributed by atoms with Crippen molar-refractivity contribution in [2.75, 3.05) is 5.32 Å². The standard InChI is InChI=1S/C14H14N2O4/c1-3-11-12(8(2)20-16-11)13(17)15-10-6-4-9(5-7-10)14(18)19/h4-7H,3H2,1-2H3,(H,15,17)(H,18,19). The molecule has 2 rings (SSSR count). The Labute approximate surface area is 115 Å². The number of carbonyl (C=O) groups is 2. The third kappa shape index (κ3) is 2.69. The predicted molar refractivity (Wildman–Crippen MR) is 72.0 cm³/mol. The fourth-order valence-corrected chi connectivity index (χ4v) is 1.84. The van der Waals surface area contributed by atoms with E-state index in [0.717, 1.165) is 0 Å². The van der Waals surface area contributed by atoms with Gasteiger partial charge in [-0.2, -0.15) is 0 Å². The van der Waals surface area contributed by atoms with Crippen LogP contribution in [0.3, 0.4) is 0 Å². The molecule has 1 aromatic heterocycles. The predicted octanol–water partition coefficient (Wildman–Crippen LogP) is 2.50. The van der Waals surface area contributed by atoms with E-state index in [0.29, 0.717) is 29.1 Å². The number of aryl methyl sites for hydroxylation is 2. The smallest absolute Gasteiger partial charge is 0.335 e. The Kier molecular flexibility index (Phi) is 3.84. The highest BCUT2D eigenvalue weighted by atomic mass is 16.5. The van der Waals surface area contributed by atoms with E-state index in [9.17, 15) is 9.59 Å². The first-order valence-electron chi connectivity index (χ1n) is 6.12. The molecule has 2 aromatic rings. The summed E-state index contributed by atoms with van der Waals surface area (Å²) < 4.78 is 5.01. The minimum absolute atomic E-state index is 0.165. The summed E-state index contributed by atoms with van der Waals surface area (Å²) in [5.41, 5.74) is 1.71. The molecule has 6 heteroatoms.